The van der Waals surface area contributed by atoms with E-state index in [2.05, 4.69) is 0 Å². The van der Waals surface area contributed by atoms with Gasteiger partial charge in [0, 0.05) is 51.1 Å². The zero-order valence-electron chi connectivity index (χ0n) is 14.8. The van der Waals surface area contributed by atoms with Gasteiger partial charge in [-0.1, -0.05) is 0 Å². The van der Waals surface area contributed by atoms with Gasteiger partial charge in [-0.2, -0.15) is 0 Å². The van der Waals surface area contributed by atoms with E-state index in [4.69, 9.17) is 0 Å². The first-order valence-corrected chi connectivity index (χ1v) is 9.17. The molecule has 0 spiro atoms. The summed E-state index contributed by atoms with van der Waals surface area (Å²) >= 11 is 0. The van der Waals surface area contributed by atoms with Gasteiger partial charge in [-0.15, -0.1) is 0 Å². The van der Waals surface area contributed by atoms with E-state index in [1.165, 1.54) is 12.1 Å². The lowest BCUT2D eigenvalue weighted by Crippen LogP contribution is -2.48. The number of rotatable bonds is 3. The number of piperidine rings is 1. The van der Waals surface area contributed by atoms with E-state index in [0.717, 1.165) is 0 Å². The van der Waals surface area contributed by atoms with Gasteiger partial charge in [-0.05, 0) is 43.5 Å². The molecule has 1 atom stereocenters. The summed E-state index contributed by atoms with van der Waals surface area (Å²) in [6, 6.07) is 6.13. The lowest BCUT2D eigenvalue weighted by molar-refractivity contribution is -0.0768. The van der Waals surface area contributed by atoms with Crippen molar-refractivity contribution in [2.24, 2.45) is 0 Å². The van der Waals surface area contributed by atoms with Crippen LogP contribution in [0.25, 0.3) is 0 Å². The molecule has 2 heterocycles. The van der Waals surface area contributed by atoms with Crippen LogP contribution in [0.1, 0.15) is 42.5 Å². The lowest BCUT2D eigenvalue weighted by atomic mass is 9.93. The highest BCUT2D eigenvalue weighted by Crippen LogP contribution is 2.30. The quantitative estimate of drug-likeness (QED) is 0.860. The minimum absolute atomic E-state index is 0.110. The summed E-state index contributed by atoms with van der Waals surface area (Å²) in [4.78, 5) is 16.2. The molecule has 1 aromatic rings. The van der Waals surface area contributed by atoms with Gasteiger partial charge in [-0.3, -0.25) is 4.79 Å². The first-order chi connectivity index (χ1) is 12.3. The molecule has 5 nitrogen and oxygen atoms in total. The van der Waals surface area contributed by atoms with E-state index in [-0.39, 0.29) is 24.5 Å². The largest absolute Gasteiger partial charge is 0.508 e. The number of likely N-dealkylation sites (tertiary alicyclic amines) is 2. The molecule has 26 heavy (non-hydrogen) atoms. The normalized spacial score (nSPS) is 27.1. The SMILES string of the molecule is O=C(c1ccc(O)cc1)N1CCC[C@](O)(CN2CCC(F)(F)CC2)CC1. The highest BCUT2D eigenvalue weighted by molar-refractivity contribution is 5.94. The maximum absolute atomic E-state index is 13.3. The lowest BCUT2D eigenvalue weighted by Gasteiger charge is -2.37. The average Bonchev–Trinajstić information content (AvgIpc) is 2.79. The number of amides is 1. The molecule has 2 aliphatic rings. The number of nitrogens with zero attached hydrogens (tertiary/aromatic N) is 2. The summed E-state index contributed by atoms with van der Waals surface area (Å²) < 4.78 is 26.6. The fourth-order valence-electron chi connectivity index (χ4n) is 3.78. The van der Waals surface area contributed by atoms with Gasteiger partial charge in [0.15, 0.2) is 0 Å². The summed E-state index contributed by atoms with van der Waals surface area (Å²) in [5, 5.41) is 20.3. The Morgan fingerprint density at radius 3 is 2.31 bits per heavy atom. The van der Waals surface area contributed by atoms with E-state index in [1.54, 1.807) is 17.0 Å². The van der Waals surface area contributed by atoms with Gasteiger partial charge >= 0.3 is 0 Å². The van der Waals surface area contributed by atoms with Crippen LogP contribution in [0.5, 0.6) is 5.75 Å². The van der Waals surface area contributed by atoms with Crippen molar-refractivity contribution in [1.82, 2.24) is 9.80 Å². The molecule has 0 radical (unpaired) electrons. The molecule has 2 N–H and O–H groups in total. The second kappa shape index (κ2) is 7.48. The van der Waals surface area contributed by atoms with Crippen LogP contribution < -0.4 is 0 Å². The van der Waals surface area contributed by atoms with Gasteiger partial charge in [0.25, 0.3) is 11.8 Å². The van der Waals surface area contributed by atoms with Crippen molar-refractivity contribution in [2.45, 2.75) is 43.6 Å². The molecule has 3 rings (SSSR count). The second-order valence-electron chi connectivity index (χ2n) is 7.55. The molecule has 0 aromatic heterocycles. The summed E-state index contributed by atoms with van der Waals surface area (Å²) in [5.74, 6) is -2.60. The second-order valence-corrected chi connectivity index (χ2v) is 7.55. The Morgan fingerprint density at radius 1 is 1.00 bits per heavy atom. The Balaban J connectivity index is 1.57. The number of benzene rings is 1. The van der Waals surface area contributed by atoms with E-state index in [1.807, 2.05) is 4.90 Å². The first kappa shape index (κ1) is 19.0. The van der Waals surface area contributed by atoms with Crippen LogP contribution in [0.4, 0.5) is 8.78 Å². The number of hydrogen-bond acceptors (Lipinski definition) is 4. The minimum Gasteiger partial charge on any atom is -0.508 e. The smallest absolute Gasteiger partial charge is 0.253 e. The zero-order valence-corrected chi connectivity index (χ0v) is 14.8. The minimum atomic E-state index is -2.59. The maximum atomic E-state index is 13.3. The van der Waals surface area contributed by atoms with Gasteiger partial charge in [0.05, 0.1) is 5.60 Å². The standard InChI is InChI=1S/C19H26F2N2O3/c20-19(21)8-11-22(12-9-19)14-18(26)6-1-10-23(13-7-18)17(25)15-2-4-16(24)5-3-15/h2-5,24,26H,1,6-14H2/t18-/m1/s1. The van der Waals surface area contributed by atoms with E-state index in [0.29, 0.717) is 57.5 Å². The molecule has 7 heteroatoms. The highest BCUT2D eigenvalue weighted by atomic mass is 19.3. The summed E-state index contributed by atoms with van der Waals surface area (Å²) in [5.41, 5.74) is -0.442. The van der Waals surface area contributed by atoms with Crippen LogP contribution in [0.3, 0.4) is 0 Å². The van der Waals surface area contributed by atoms with Crippen LogP contribution in [0, 0.1) is 0 Å². The molecular weight excluding hydrogens is 342 g/mol. The summed E-state index contributed by atoms with van der Waals surface area (Å²) in [6.07, 6.45) is 1.34. The zero-order chi connectivity index (χ0) is 18.8. The number of hydrogen-bond donors (Lipinski definition) is 2. The Bertz CT molecular complexity index is 628. The van der Waals surface area contributed by atoms with Crippen molar-refractivity contribution in [3.8, 4) is 5.75 Å². The number of aromatic hydroxyl groups is 1. The Labute approximate surface area is 152 Å². The molecule has 2 fully saturated rings. The Kier molecular flexibility index (Phi) is 5.48. The van der Waals surface area contributed by atoms with Crippen molar-refractivity contribution in [2.75, 3.05) is 32.7 Å². The molecule has 1 aromatic carbocycles. The molecule has 0 saturated carbocycles. The first-order valence-electron chi connectivity index (χ1n) is 9.17. The third-order valence-corrected chi connectivity index (χ3v) is 5.42. The van der Waals surface area contributed by atoms with Crippen molar-refractivity contribution in [3.63, 3.8) is 0 Å². The molecule has 2 saturated heterocycles. The van der Waals surface area contributed by atoms with Gasteiger partial charge in [0.1, 0.15) is 5.75 Å². The summed E-state index contributed by atoms with van der Waals surface area (Å²) in [6.45, 7) is 1.96. The monoisotopic (exact) mass is 368 g/mol. The fraction of sp³-hybridized carbons (Fsp3) is 0.632. The van der Waals surface area contributed by atoms with E-state index < -0.39 is 11.5 Å². The Morgan fingerprint density at radius 2 is 1.65 bits per heavy atom. The average molecular weight is 368 g/mol. The van der Waals surface area contributed by atoms with Gasteiger partial charge in [-0.25, -0.2) is 8.78 Å². The maximum Gasteiger partial charge on any atom is 0.253 e. The van der Waals surface area contributed by atoms with Crippen LogP contribution in [0.2, 0.25) is 0 Å². The predicted octanol–water partition coefficient (Wildman–Crippen LogP) is 2.48. The number of β-amino-alcohol motifs (C(OH)–C–C–N with tert-alkyl or cyclic N) is 1. The van der Waals surface area contributed by atoms with Crippen molar-refractivity contribution in [3.05, 3.63) is 29.8 Å². The molecule has 144 valence electrons. The number of aliphatic hydroxyl groups is 1. The number of halogens is 2. The van der Waals surface area contributed by atoms with Crippen LogP contribution in [-0.4, -0.2) is 70.2 Å². The van der Waals surface area contributed by atoms with Crippen molar-refractivity contribution >= 4 is 5.91 Å². The molecule has 2 aliphatic heterocycles. The topological polar surface area (TPSA) is 64.0 Å². The van der Waals surface area contributed by atoms with Gasteiger partial charge in [0.2, 0.25) is 0 Å². The predicted molar refractivity (Wildman–Crippen MR) is 93.4 cm³/mol. The number of carbonyl (C=O) groups is 1. The number of carbonyl (C=O) groups excluding carboxylic acids is 1. The van der Waals surface area contributed by atoms with Gasteiger partial charge < -0.3 is 20.0 Å². The molecular formula is C19H26F2N2O3. The van der Waals surface area contributed by atoms with Crippen LogP contribution in [-0.2, 0) is 0 Å². The molecule has 0 bridgehead atoms. The van der Waals surface area contributed by atoms with E-state index in [9.17, 15) is 23.8 Å². The third kappa shape index (κ3) is 4.71. The number of alkyl halides is 2. The van der Waals surface area contributed by atoms with Crippen LogP contribution in [0.15, 0.2) is 24.3 Å². The van der Waals surface area contributed by atoms with E-state index >= 15 is 0 Å². The molecule has 0 unspecified atom stereocenters. The molecule has 0 aliphatic carbocycles. The summed E-state index contributed by atoms with van der Waals surface area (Å²) in [7, 11) is 0. The molecule has 1 amide bonds. The van der Waals surface area contributed by atoms with Crippen molar-refractivity contribution in [1.29, 1.82) is 0 Å². The number of phenols is 1. The van der Waals surface area contributed by atoms with Crippen molar-refractivity contribution < 1.29 is 23.8 Å². The van der Waals surface area contributed by atoms with Crippen LogP contribution >= 0.6 is 0 Å². The highest BCUT2D eigenvalue weighted by Gasteiger charge is 2.38. The number of phenolic OH excluding ortho intramolecular Hbond substituents is 1. The third-order valence-electron chi connectivity index (χ3n) is 5.42. The Hall–Kier alpha value is -1.73. The fourth-order valence-corrected chi connectivity index (χ4v) is 3.78.